The number of benzene rings is 1. The third-order valence-corrected chi connectivity index (χ3v) is 2.09. The second-order valence-corrected chi connectivity index (χ2v) is 3.17. The molecule has 0 bridgehead atoms. The Labute approximate surface area is 105 Å². The molecule has 0 N–H and O–H groups in total. The van der Waals surface area contributed by atoms with Crippen molar-refractivity contribution in [2.75, 3.05) is 14.2 Å². The van der Waals surface area contributed by atoms with E-state index in [4.69, 9.17) is 9.47 Å². The zero-order chi connectivity index (χ0) is 12.7. The van der Waals surface area contributed by atoms with Crippen LogP contribution in [0.1, 0.15) is 5.56 Å². The Morgan fingerprint density at radius 2 is 2.18 bits per heavy atom. The molecule has 0 heterocycles. The predicted octanol–water partition coefficient (Wildman–Crippen LogP) is 2.35. The summed E-state index contributed by atoms with van der Waals surface area (Å²) >= 11 is 4.33. The molecule has 1 aromatic carbocycles. The van der Waals surface area contributed by atoms with E-state index in [9.17, 15) is 4.79 Å². The number of nitrogens with zero attached hydrogens (tertiary/aromatic N) is 1. The Morgan fingerprint density at radius 3 is 2.76 bits per heavy atom. The molecular weight excluding hydrogens is 238 g/mol. The lowest BCUT2D eigenvalue weighted by Crippen LogP contribution is -1.90. The number of hydrogen-bond acceptors (Lipinski definition) is 4. The lowest BCUT2D eigenvalue weighted by molar-refractivity contribution is -0.113. The topological polar surface area (TPSA) is 47.9 Å². The van der Waals surface area contributed by atoms with Crippen LogP contribution in [0.25, 0.3) is 6.08 Å². The highest BCUT2D eigenvalue weighted by atomic mass is 32.1. The molecule has 0 aliphatic carbocycles. The molecule has 5 heteroatoms. The van der Waals surface area contributed by atoms with E-state index < -0.39 is 5.91 Å². The predicted molar refractivity (Wildman–Crippen MR) is 68.6 cm³/mol. The molecular formula is C12H11NO3S. The molecule has 0 atom stereocenters. The van der Waals surface area contributed by atoms with Crippen molar-refractivity contribution >= 4 is 29.4 Å². The van der Waals surface area contributed by atoms with Gasteiger partial charge in [0.25, 0.3) is 5.91 Å². The molecule has 0 aromatic heterocycles. The number of thiocarbonyl (C=S) groups is 1. The molecule has 0 aliphatic rings. The summed E-state index contributed by atoms with van der Waals surface area (Å²) in [6.45, 7) is 0. The van der Waals surface area contributed by atoms with Gasteiger partial charge < -0.3 is 9.47 Å². The van der Waals surface area contributed by atoms with E-state index in [0.29, 0.717) is 11.5 Å². The number of isothiocyanates is 1. The first-order valence-electron chi connectivity index (χ1n) is 4.73. The third kappa shape index (κ3) is 3.83. The molecule has 1 amide bonds. The van der Waals surface area contributed by atoms with Crippen LogP contribution in [-0.4, -0.2) is 25.3 Å². The van der Waals surface area contributed by atoms with Gasteiger partial charge in [0.1, 0.15) is 11.5 Å². The molecule has 0 spiro atoms. The van der Waals surface area contributed by atoms with Gasteiger partial charge in [-0.1, -0.05) is 0 Å². The number of carbonyl (C=O) groups is 1. The van der Waals surface area contributed by atoms with E-state index in [2.05, 4.69) is 17.2 Å². The molecule has 0 fully saturated rings. The number of aliphatic imine (C=N–C) groups is 1. The summed E-state index contributed by atoms with van der Waals surface area (Å²) in [6.07, 6.45) is 2.89. The SMILES string of the molecule is COc1ccc(C=CC(=O)N=C=S)c(OC)c1. The van der Waals surface area contributed by atoms with Gasteiger partial charge >= 0.3 is 0 Å². The summed E-state index contributed by atoms with van der Waals surface area (Å²) in [7, 11) is 3.12. The number of rotatable bonds is 4. The van der Waals surface area contributed by atoms with E-state index in [1.54, 1.807) is 38.5 Å². The molecule has 0 saturated carbocycles. The summed E-state index contributed by atoms with van der Waals surface area (Å²) in [4.78, 5) is 14.4. The lowest BCUT2D eigenvalue weighted by Gasteiger charge is -2.06. The van der Waals surface area contributed by atoms with Crippen LogP contribution in [0, 0.1) is 0 Å². The lowest BCUT2D eigenvalue weighted by atomic mass is 10.1. The molecule has 0 unspecified atom stereocenters. The van der Waals surface area contributed by atoms with Gasteiger partial charge in [0.05, 0.1) is 19.4 Å². The minimum atomic E-state index is -0.460. The first-order chi connectivity index (χ1) is 8.21. The van der Waals surface area contributed by atoms with Gasteiger partial charge in [0, 0.05) is 17.7 Å². The monoisotopic (exact) mass is 249 g/mol. The second kappa shape index (κ2) is 6.58. The maximum atomic E-state index is 11.1. The summed E-state index contributed by atoms with van der Waals surface area (Å²) < 4.78 is 10.2. The summed E-state index contributed by atoms with van der Waals surface area (Å²) in [5.41, 5.74) is 0.751. The van der Waals surface area contributed by atoms with Crippen LogP contribution in [0.3, 0.4) is 0 Å². The van der Waals surface area contributed by atoms with Gasteiger partial charge in [0.2, 0.25) is 0 Å². The van der Waals surface area contributed by atoms with Crippen molar-refractivity contribution in [2.45, 2.75) is 0 Å². The number of carbonyl (C=O) groups excluding carboxylic acids is 1. The Hall–Kier alpha value is -1.97. The van der Waals surface area contributed by atoms with Gasteiger partial charge in [-0.15, -0.1) is 0 Å². The highest BCUT2D eigenvalue weighted by Crippen LogP contribution is 2.25. The number of hydrogen-bond donors (Lipinski definition) is 0. The smallest absolute Gasteiger partial charge is 0.278 e. The fourth-order valence-electron chi connectivity index (χ4n) is 1.20. The van der Waals surface area contributed by atoms with E-state index in [-0.39, 0.29) is 0 Å². The van der Waals surface area contributed by atoms with Crippen molar-refractivity contribution < 1.29 is 14.3 Å². The van der Waals surface area contributed by atoms with Crippen LogP contribution < -0.4 is 9.47 Å². The standard InChI is InChI=1S/C12H11NO3S/c1-15-10-5-3-9(11(7-10)16-2)4-6-12(14)13-8-17/h3-7H,1-2H3. The maximum absolute atomic E-state index is 11.1. The van der Waals surface area contributed by atoms with Gasteiger partial charge in [-0.05, 0) is 30.4 Å². The largest absolute Gasteiger partial charge is 0.497 e. The second-order valence-electron chi connectivity index (χ2n) is 2.98. The molecule has 0 saturated heterocycles. The van der Waals surface area contributed by atoms with E-state index >= 15 is 0 Å². The normalized spacial score (nSPS) is 9.76. The zero-order valence-corrected chi connectivity index (χ0v) is 10.3. The zero-order valence-electron chi connectivity index (χ0n) is 9.47. The molecule has 17 heavy (non-hydrogen) atoms. The van der Waals surface area contributed by atoms with Crippen molar-refractivity contribution in [2.24, 2.45) is 4.99 Å². The summed E-state index contributed by atoms with van der Waals surface area (Å²) in [6, 6.07) is 5.28. The van der Waals surface area contributed by atoms with Crippen LogP contribution >= 0.6 is 12.2 Å². The third-order valence-electron chi connectivity index (χ3n) is 2.00. The van der Waals surface area contributed by atoms with Crippen LogP contribution in [0.4, 0.5) is 0 Å². The maximum Gasteiger partial charge on any atom is 0.278 e. The summed E-state index contributed by atoms with van der Waals surface area (Å²) in [5.74, 6) is 0.833. The highest BCUT2D eigenvalue weighted by molar-refractivity contribution is 7.78. The fraction of sp³-hybridized carbons (Fsp3) is 0.167. The average molecular weight is 249 g/mol. The first-order valence-corrected chi connectivity index (χ1v) is 5.14. The van der Waals surface area contributed by atoms with Crippen LogP contribution in [0.5, 0.6) is 11.5 Å². The number of ether oxygens (including phenoxy) is 2. The van der Waals surface area contributed by atoms with Crippen LogP contribution in [0.15, 0.2) is 29.3 Å². The van der Waals surface area contributed by atoms with Crippen molar-refractivity contribution in [1.29, 1.82) is 0 Å². The Balaban J connectivity index is 2.98. The van der Waals surface area contributed by atoms with Crippen molar-refractivity contribution in [3.05, 3.63) is 29.8 Å². The molecule has 1 rings (SSSR count). The van der Waals surface area contributed by atoms with E-state index in [0.717, 1.165) is 5.56 Å². The quantitative estimate of drug-likeness (QED) is 0.467. The Bertz CT molecular complexity index is 491. The first kappa shape index (κ1) is 13.1. The van der Waals surface area contributed by atoms with Crippen LogP contribution in [-0.2, 0) is 4.79 Å². The van der Waals surface area contributed by atoms with Crippen molar-refractivity contribution in [3.8, 4) is 11.5 Å². The van der Waals surface area contributed by atoms with Gasteiger partial charge in [-0.2, -0.15) is 4.99 Å². The molecule has 0 aliphatic heterocycles. The number of methoxy groups -OCH3 is 2. The fourth-order valence-corrected chi connectivity index (χ4v) is 1.29. The number of amides is 1. The minimum absolute atomic E-state index is 0.460. The average Bonchev–Trinajstić information content (AvgIpc) is 2.36. The molecule has 1 aromatic rings. The Morgan fingerprint density at radius 1 is 1.41 bits per heavy atom. The Kier molecular flexibility index (Phi) is 5.07. The summed E-state index contributed by atoms with van der Waals surface area (Å²) in [5, 5.41) is 2.01. The molecule has 4 nitrogen and oxygen atoms in total. The van der Waals surface area contributed by atoms with E-state index in [1.165, 1.54) is 6.08 Å². The molecule has 88 valence electrons. The highest BCUT2D eigenvalue weighted by Gasteiger charge is 2.02. The van der Waals surface area contributed by atoms with Gasteiger partial charge in [0.15, 0.2) is 0 Å². The van der Waals surface area contributed by atoms with Gasteiger partial charge in [-0.25, -0.2) is 0 Å². The van der Waals surface area contributed by atoms with E-state index in [1.807, 2.05) is 5.16 Å². The molecule has 0 radical (unpaired) electrons. The van der Waals surface area contributed by atoms with Crippen molar-refractivity contribution in [1.82, 2.24) is 0 Å². The van der Waals surface area contributed by atoms with Crippen molar-refractivity contribution in [3.63, 3.8) is 0 Å². The van der Waals surface area contributed by atoms with Crippen LogP contribution in [0.2, 0.25) is 0 Å². The van der Waals surface area contributed by atoms with Gasteiger partial charge in [-0.3, -0.25) is 4.79 Å². The minimum Gasteiger partial charge on any atom is -0.497 e.